The molecule has 0 radical (unpaired) electrons. The Kier molecular flexibility index (Phi) is 6.07. The fourth-order valence-electron chi connectivity index (χ4n) is 3.02. The topological polar surface area (TPSA) is 44.8 Å². The van der Waals surface area contributed by atoms with Crippen LogP contribution in [0.4, 0.5) is 5.69 Å². The van der Waals surface area contributed by atoms with Crippen LogP contribution in [0.5, 0.6) is 5.75 Å². The van der Waals surface area contributed by atoms with Gasteiger partial charge in [0, 0.05) is 43.3 Å². The molecular weight excluding hydrogens is 334 g/mol. The van der Waals surface area contributed by atoms with E-state index in [9.17, 15) is 4.79 Å². The normalized spacial score (nSPS) is 17.2. The molecule has 25 heavy (non-hydrogen) atoms. The van der Waals surface area contributed by atoms with E-state index in [4.69, 9.17) is 4.74 Å². The molecule has 0 aliphatic carbocycles. The number of ether oxygens (including phenoxy) is 1. The average molecular weight is 359 g/mol. The molecule has 0 unspecified atom stereocenters. The third-order valence-electron chi connectivity index (χ3n) is 4.65. The zero-order valence-corrected chi connectivity index (χ0v) is 15.6. The van der Waals surface area contributed by atoms with Gasteiger partial charge in [-0.15, -0.1) is 11.3 Å². The number of amides is 1. The van der Waals surface area contributed by atoms with Crippen LogP contribution < -0.4 is 10.1 Å². The predicted octanol–water partition coefficient (Wildman–Crippen LogP) is 2.90. The van der Waals surface area contributed by atoms with Crippen molar-refractivity contribution in [3.05, 3.63) is 46.7 Å². The summed E-state index contributed by atoms with van der Waals surface area (Å²) in [6.45, 7) is 6.83. The quantitative estimate of drug-likeness (QED) is 0.861. The van der Waals surface area contributed by atoms with Crippen molar-refractivity contribution in [1.82, 2.24) is 9.80 Å². The Morgan fingerprint density at radius 3 is 2.52 bits per heavy atom. The largest absolute Gasteiger partial charge is 0.497 e. The van der Waals surface area contributed by atoms with Crippen molar-refractivity contribution < 1.29 is 9.53 Å². The molecule has 0 spiro atoms. The van der Waals surface area contributed by atoms with Crippen LogP contribution in [0.2, 0.25) is 0 Å². The smallest absolute Gasteiger partial charge is 0.241 e. The van der Waals surface area contributed by atoms with Crippen LogP contribution in [0.15, 0.2) is 41.8 Å². The molecule has 1 aromatic heterocycles. The Morgan fingerprint density at radius 2 is 1.92 bits per heavy atom. The van der Waals surface area contributed by atoms with Gasteiger partial charge in [-0.05, 0) is 42.6 Å². The molecule has 1 aliphatic heterocycles. The van der Waals surface area contributed by atoms with Crippen LogP contribution in [0.25, 0.3) is 0 Å². The van der Waals surface area contributed by atoms with Gasteiger partial charge in [0.2, 0.25) is 5.91 Å². The second kappa shape index (κ2) is 8.47. The highest BCUT2D eigenvalue weighted by molar-refractivity contribution is 7.09. The lowest BCUT2D eigenvalue weighted by atomic mass is 10.2. The molecule has 2 aromatic rings. The van der Waals surface area contributed by atoms with Gasteiger partial charge >= 0.3 is 0 Å². The van der Waals surface area contributed by atoms with Crippen LogP contribution in [0.1, 0.15) is 11.8 Å². The van der Waals surface area contributed by atoms with Gasteiger partial charge in [0.15, 0.2) is 0 Å². The zero-order chi connectivity index (χ0) is 17.6. The Morgan fingerprint density at radius 1 is 1.20 bits per heavy atom. The second-order valence-electron chi connectivity index (χ2n) is 6.29. The molecule has 1 aliphatic rings. The zero-order valence-electron chi connectivity index (χ0n) is 14.8. The molecule has 3 rings (SSSR count). The summed E-state index contributed by atoms with van der Waals surface area (Å²) in [4.78, 5) is 18.6. The van der Waals surface area contributed by atoms with Crippen molar-refractivity contribution in [2.24, 2.45) is 0 Å². The van der Waals surface area contributed by atoms with E-state index in [-0.39, 0.29) is 11.9 Å². The molecule has 1 saturated heterocycles. The molecule has 0 saturated carbocycles. The molecular formula is C19H25N3O2S. The minimum absolute atomic E-state index is 0.0388. The lowest BCUT2D eigenvalue weighted by molar-refractivity contribution is -0.121. The van der Waals surface area contributed by atoms with Gasteiger partial charge in [-0.25, -0.2) is 0 Å². The van der Waals surface area contributed by atoms with Gasteiger partial charge in [0.25, 0.3) is 0 Å². The van der Waals surface area contributed by atoms with Gasteiger partial charge in [-0.1, -0.05) is 6.07 Å². The summed E-state index contributed by atoms with van der Waals surface area (Å²) in [6.07, 6.45) is 0. The minimum Gasteiger partial charge on any atom is -0.497 e. The van der Waals surface area contributed by atoms with Gasteiger partial charge in [-0.3, -0.25) is 14.6 Å². The van der Waals surface area contributed by atoms with Gasteiger partial charge in [-0.2, -0.15) is 0 Å². The number of nitrogens with zero attached hydrogens (tertiary/aromatic N) is 2. The Labute approximate surface area is 153 Å². The number of carbonyl (C=O) groups excluding carboxylic acids is 1. The number of piperazine rings is 1. The maximum absolute atomic E-state index is 12.5. The maximum atomic E-state index is 12.5. The summed E-state index contributed by atoms with van der Waals surface area (Å²) in [5, 5.41) is 5.11. The molecule has 2 heterocycles. The van der Waals surface area contributed by atoms with Crippen LogP contribution in [-0.4, -0.2) is 55.0 Å². The molecule has 1 N–H and O–H groups in total. The van der Waals surface area contributed by atoms with Gasteiger partial charge < -0.3 is 10.1 Å². The van der Waals surface area contributed by atoms with E-state index < -0.39 is 0 Å². The van der Waals surface area contributed by atoms with E-state index in [1.54, 1.807) is 18.4 Å². The predicted molar refractivity (Wildman–Crippen MR) is 102 cm³/mol. The SMILES string of the molecule is COc1ccc(NC(=O)[C@@H](C)N2CCN(Cc3cccs3)CC2)cc1. The summed E-state index contributed by atoms with van der Waals surface area (Å²) in [7, 11) is 1.63. The molecule has 1 amide bonds. The van der Waals surface area contributed by atoms with Crippen LogP contribution in [0, 0.1) is 0 Å². The van der Waals surface area contributed by atoms with E-state index in [2.05, 4.69) is 32.6 Å². The van der Waals surface area contributed by atoms with E-state index >= 15 is 0 Å². The summed E-state index contributed by atoms with van der Waals surface area (Å²) in [5.41, 5.74) is 0.800. The molecule has 1 atom stereocenters. The van der Waals surface area contributed by atoms with Crippen LogP contribution in [0.3, 0.4) is 0 Å². The number of hydrogen-bond donors (Lipinski definition) is 1. The lowest BCUT2D eigenvalue weighted by Gasteiger charge is -2.37. The van der Waals surface area contributed by atoms with Gasteiger partial charge in [0.05, 0.1) is 13.2 Å². The number of hydrogen-bond acceptors (Lipinski definition) is 5. The second-order valence-corrected chi connectivity index (χ2v) is 7.32. The van der Waals surface area contributed by atoms with Crippen molar-refractivity contribution in [1.29, 1.82) is 0 Å². The summed E-state index contributed by atoms with van der Waals surface area (Å²) >= 11 is 1.80. The fraction of sp³-hybridized carbons (Fsp3) is 0.421. The average Bonchev–Trinajstić information content (AvgIpc) is 3.15. The number of benzene rings is 1. The number of nitrogens with one attached hydrogen (secondary N) is 1. The molecule has 134 valence electrons. The standard InChI is InChI=1S/C19H25N3O2S/c1-15(19(23)20-16-5-7-17(24-2)8-6-16)22-11-9-21(10-12-22)14-18-4-3-13-25-18/h3-8,13,15H,9-12,14H2,1-2H3,(H,20,23)/t15-/m1/s1. The highest BCUT2D eigenvalue weighted by Gasteiger charge is 2.25. The monoisotopic (exact) mass is 359 g/mol. The van der Waals surface area contributed by atoms with Crippen molar-refractivity contribution in [2.75, 3.05) is 38.6 Å². The first kappa shape index (κ1) is 17.9. The first-order valence-electron chi connectivity index (χ1n) is 8.59. The fourth-order valence-corrected chi connectivity index (χ4v) is 3.76. The number of rotatable bonds is 6. The van der Waals surface area contributed by atoms with Crippen LogP contribution >= 0.6 is 11.3 Å². The molecule has 6 heteroatoms. The molecule has 0 bridgehead atoms. The summed E-state index contributed by atoms with van der Waals surface area (Å²) in [6, 6.07) is 11.6. The number of thiophene rings is 1. The van der Waals surface area contributed by atoms with Crippen molar-refractivity contribution >= 4 is 22.9 Å². The Hall–Kier alpha value is -1.89. The third kappa shape index (κ3) is 4.81. The van der Waals surface area contributed by atoms with E-state index in [0.717, 1.165) is 44.2 Å². The number of anilines is 1. The van der Waals surface area contributed by atoms with Gasteiger partial charge in [0.1, 0.15) is 5.75 Å². The minimum atomic E-state index is -0.133. The van der Waals surface area contributed by atoms with Crippen molar-refractivity contribution in [2.45, 2.75) is 19.5 Å². The summed E-state index contributed by atoms with van der Waals surface area (Å²) < 4.78 is 5.14. The Balaban J connectivity index is 1.47. The number of methoxy groups -OCH3 is 1. The van der Waals surface area contributed by atoms with Crippen molar-refractivity contribution in [3.8, 4) is 5.75 Å². The Bertz CT molecular complexity index is 664. The first-order chi connectivity index (χ1) is 12.2. The van der Waals surface area contributed by atoms with E-state index in [0.29, 0.717) is 0 Å². The molecule has 1 fully saturated rings. The molecule has 5 nitrogen and oxygen atoms in total. The maximum Gasteiger partial charge on any atom is 0.241 e. The highest BCUT2D eigenvalue weighted by atomic mass is 32.1. The van der Waals surface area contributed by atoms with Crippen LogP contribution in [-0.2, 0) is 11.3 Å². The first-order valence-corrected chi connectivity index (χ1v) is 9.47. The van der Waals surface area contributed by atoms with E-state index in [1.807, 2.05) is 31.2 Å². The highest BCUT2D eigenvalue weighted by Crippen LogP contribution is 2.17. The number of carbonyl (C=O) groups is 1. The van der Waals surface area contributed by atoms with Crippen molar-refractivity contribution in [3.63, 3.8) is 0 Å². The van der Waals surface area contributed by atoms with E-state index in [1.165, 1.54) is 4.88 Å². The summed E-state index contributed by atoms with van der Waals surface area (Å²) in [5.74, 6) is 0.824. The molecule has 1 aromatic carbocycles. The third-order valence-corrected chi connectivity index (χ3v) is 5.51. The lowest BCUT2D eigenvalue weighted by Crippen LogP contribution is -2.52.